The van der Waals surface area contributed by atoms with Crippen molar-refractivity contribution in [2.75, 3.05) is 0 Å². The highest BCUT2D eigenvalue weighted by Crippen LogP contribution is 2.45. The zero-order valence-electron chi connectivity index (χ0n) is 25.0. The lowest BCUT2D eigenvalue weighted by molar-refractivity contribution is 0.673. The van der Waals surface area contributed by atoms with Gasteiger partial charge in [-0.1, -0.05) is 97.1 Å². The zero-order chi connectivity index (χ0) is 28.8. The van der Waals surface area contributed by atoms with E-state index in [4.69, 9.17) is 0 Å². The van der Waals surface area contributed by atoms with Crippen molar-refractivity contribution in [1.29, 1.82) is 0 Å². The first kappa shape index (κ1) is 26.3. The van der Waals surface area contributed by atoms with Crippen molar-refractivity contribution >= 4 is 28.5 Å². The summed E-state index contributed by atoms with van der Waals surface area (Å²) >= 11 is 0. The van der Waals surface area contributed by atoms with Gasteiger partial charge in [0.05, 0.1) is 6.04 Å². The summed E-state index contributed by atoms with van der Waals surface area (Å²) in [6, 6.07) is 34.6. The van der Waals surface area contributed by atoms with Crippen LogP contribution in [0.3, 0.4) is 0 Å². The van der Waals surface area contributed by atoms with Gasteiger partial charge in [-0.2, -0.15) is 0 Å². The van der Waals surface area contributed by atoms with Crippen molar-refractivity contribution in [2.45, 2.75) is 46.6 Å². The van der Waals surface area contributed by atoms with Gasteiger partial charge in [0.1, 0.15) is 0 Å². The van der Waals surface area contributed by atoms with Crippen LogP contribution < -0.4 is 5.32 Å². The minimum atomic E-state index is 0.402. The van der Waals surface area contributed by atoms with E-state index >= 15 is 0 Å². The number of fused-ring (bicyclic) bond motifs is 2. The first-order chi connectivity index (χ1) is 20.5. The molecule has 1 N–H and O–H groups in total. The average molecular weight is 544 g/mol. The highest BCUT2D eigenvalue weighted by Gasteiger charge is 2.24. The van der Waals surface area contributed by atoms with E-state index in [-0.39, 0.29) is 0 Å². The summed E-state index contributed by atoms with van der Waals surface area (Å²) in [5, 5.41) is 6.13. The van der Waals surface area contributed by atoms with Gasteiger partial charge >= 0.3 is 0 Å². The second-order valence-electron chi connectivity index (χ2n) is 11.8. The number of allylic oxidation sites excluding steroid dienone is 3. The second kappa shape index (κ2) is 10.7. The smallest absolute Gasteiger partial charge is 0.0505 e. The van der Waals surface area contributed by atoms with Crippen LogP contribution in [0, 0.1) is 6.92 Å². The Morgan fingerprint density at radius 2 is 1.38 bits per heavy atom. The molecule has 0 radical (unpaired) electrons. The molecule has 2 aliphatic rings. The van der Waals surface area contributed by atoms with E-state index in [9.17, 15) is 0 Å². The van der Waals surface area contributed by atoms with Gasteiger partial charge in [0.15, 0.2) is 0 Å². The molecule has 7 rings (SSSR count). The number of rotatable bonds is 5. The van der Waals surface area contributed by atoms with Gasteiger partial charge in [-0.25, -0.2) is 0 Å². The van der Waals surface area contributed by atoms with Crippen LogP contribution in [-0.4, -0.2) is 6.04 Å². The number of aryl methyl sites for hydroxylation is 1. The number of hydrogen-bond donors (Lipinski definition) is 1. The van der Waals surface area contributed by atoms with Gasteiger partial charge < -0.3 is 5.32 Å². The van der Waals surface area contributed by atoms with Gasteiger partial charge in [0.2, 0.25) is 0 Å². The zero-order valence-corrected chi connectivity index (χ0v) is 25.0. The highest BCUT2D eigenvalue weighted by atomic mass is 15.0. The Balaban J connectivity index is 1.43. The van der Waals surface area contributed by atoms with E-state index in [1.54, 1.807) is 0 Å². The summed E-state index contributed by atoms with van der Waals surface area (Å²) in [7, 11) is 0. The molecule has 1 heterocycles. The predicted molar refractivity (Wildman–Crippen MR) is 182 cm³/mol. The molecule has 1 unspecified atom stereocenters. The molecule has 0 aromatic heterocycles. The van der Waals surface area contributed by atoms with Crippen LogP contribution in [-0.2, 0) is 6.42 Å². The molecular formula is C41H37N. The summed E-state index contributed by atoms with van der Waals surface area (Å²) in [4.78, 5) is 0. The van der Waals surface area contributed by atoms with Crippen LogP contribution in [0.4, 0.5) is 0 Å². The fraction of sp³-hybridized carbons (Fsp3) is 0.171. The van der Waals surface area contributed by atoms with E-state index in [0.717, 1.165) is 12.8 Å². The molecule has 0 fully saturated rings. The molecule has 1 atom stereocenters. The van der Waals surface area contributed by atoms with Crippen LogP contribution in [0.25, 0.3) is 61.9 Å². The number of nitrogens with one attached hydrogen (secondary N) is 1. The highest BCUT2D eigenvalue weighted by molar-refractivity contribution is 6.10. The summed E-state index contributed by atoms with van der Waals surface area (Å²) in [5.41, 5.74) is 17.3. The van der Waals surface area contributed by atoms with E-state index in [1.807, 2.05) is 0 Å². The third-order valence-electron chi connectivity index (χ3n) is 9.05. The SMILES string of the molecule is C/C=C\c1cc(-c2c3c(c(-c4cccc(-c5cccc(C6=C(C)NC6C)c5)c4)c4ccccc24)CCC=C3)ccc1C. The van der Waals surface area contributed by atoms with Crippen LogP contribution in [0.2, 0.25) is 0 Å². The lowest BCUT2D eigenvalue weighted by atomic mass is 9.79. The van der Waals surface area contributed by atoms with Crippen LogP contribution in [0.1, 0.15) is 55.0 Å². The molecule has 0 bridgehead atoms. The molecule has 1 heteroatoms. The van der Waals surface area contributed by atoms with E-state index in [0.29, 0.717) is 6.04 Å². The van der Waals surface area contributed by atoms with Crippen LogP contribution in [0.5, 0.6) is 0 Å². The molecule has 0 spiro atoms. The molecule has 42 heavy (non-hydrogen) atoms. The maximum absolute atomic E-state index is 3.49. The Labute approximate surface area is 249 Å². The Bertz CT molecular complexity index is 1950. The van der Waals surface area contributed by atoms with Crippen LogP contribution >= 0.6 is 0 Å². The second-order valence-corrected chi connectivity index (χ2v) is 11.8. The molecular weight excluding hydrogens is 506 g/mol. The Hall–Kier alpha value is -4.62. The van der Waals surface area contributed by atoms with Gasteiger partial charge in [0.25, 0.3) is 0 Å². The van der Waals surface area contributed by atoms with Gasteiger partial charge in [0, 0.05) is 5.70 Å². The summed E-state index contributed by atoms with van der Waals surface area (Å²) in [6.45, 7) is 8.70. The molecule has 5 aromatic rings. The lowest BCUT2D eigenvalue weighted by Crippen LogP contribution is -2.37. The molecule has 0 saturated heterocycles. The van der Waals surface area contributed by atoms with Crippen molar-refractivity contribution in [3.8, 4) is 33.4 Å². The Kier molecular flexibility index (Phi) is 6.67. The standard InChI is InChI=1S/C41H37N/c1-5-12-29-23-34(22-21-26(29)2)41-37-19-8-6-17-35(37)40(36-18-7-9-20-38(36)41)33-16-11-14-31(25-33)30-13-10-15-32(24-30)39-27(3)42-28(39)4/h5-6,8-17,19-25,27,42H,7,18H2,1-4H3/b12-5-. The summed E-state index contributed by atoms with van der Waals surface area (Å²) in [5.74, 6) is 0. The lowest BCUT2D eigenvalue weighted by Gasteiger charge is -2.32. The van der Waals surface area contributed by atoms with Gasteiger partial charge in [-0.05, 0) is 136 Å². The normalized spacial score (nSPS) is 16.0. The molecule has 1 aliphatic carbocycles. The van der Waals surface area contributed by atoms with Gasteiger partial charge in [-0.15, -0.1) is 0 Å². The van der Waals surface area contributed by atoms with Crippen molar-refractivity contribution in [2.24, 2.45) is 0 Å². The molecule has 0 amide bonds. The third kappa shape index (κ3) is 4.41. The third-order valence-corrected chi connectivity index (χ3v) is 9.05. The van der Waals surface area contributed by atoms with E-state index in [2.05, 4.69) is 148 Å². The van der Waals surface area contributed by atoms with Crippen molar-refractivity contribution in [3.05, 3.63) is 137 Å². The fourth-order valence-electron chi connectivity index (χ4n) is 7.09. The Morgan fingerprint density at radius 1 is 0.714 bits per heavy atom. The molecule has 1 nitrogen and oxygen atoms in total. The average Bonchev–Trinajstić information content (AvgIpc) is 3.01. The monoisotopic (exact) mass is 543 g/mol. The van der Waals surface area contributed by atoms with Gasteiger partial charge in [-0.3, -0.25) is 0 Å². The molecule has 1 aliphatic heterocycles. The summed E-state index contributed by atoms with van der Waals surface area (Å²) in [6.07, 6.45) is 11.2. The van der Waals surface area contributed by atoms with Crippen molar-refractivity contribution < 1.29 is 0 Å². The fourth-order valence-corrected chi connectivity index (χ4v) is 7.09. The summed E-state index contributed by atoms with van der Waals surface area (Å²) < 4.78 is 0. The van der Waals surface area contributed by atoms with Crippen molar-refractivity contribution in [3.63, 3.8) is 0 Å². The molecule has 206 valence electrons. The number of benzene rings is 5. The van der Waals surface area contributed by atoms with E-state index < -0.39 is 0 Å². The quantitative estimate of drug-likeness (QED) is 0.232. The maximum Gasteiger partial charge on any atom is 0.0505 e. The Morgan fingerprint density at radius 3 is 2.10 bits per heavy atom. The van der Waals surface area contributed by atoms with E-state index in [1.165, 1.54) is 83.2 Å². The topological polar surface area (TPSA) is 12.0 Å². The maximum atomic E-state index is 3.49. The van der Waals surface area contributed by atoms with Crippen molar-refractivity contribution in [1.82, 2.24) is 5.32 Å². The predicted octanol–water partition coefficient (Wildman–Crippen LogP) is 10.9. The molecule has 5 aromatic carbocycles. The number of hydrogen-bond acceptors (Lipinski definition) is 1. The van der Waals surface area contributed by atoms with Crippen LogP contribution in [0.15, 0.2) is 109 Å². The minimum Gasteiger partial charge on any atom is -0.382 e. The first-order valence-electron chi connectivity index (χ1n) is 15.2. The molecule has 0 saturated carbocycles. The minimum absolute atomic E-state index is 0.402. The largest absolute Gasteiger partial charge is 0.382 e. The first-order valence-corrected chi connectivity index (χ1v) is 15.2.